The Hall–Kier alpha value is -0.890. The van der Waals surface area contributed by atoms with Gasteiger partial charge < -0.3 is 10.5 Å². The van der Waals surface area contributed by atoms with E-state index in [9.17, 15) is 8.42 Å². The maximum Gasteiger partial charge on any atom is 0.244 e. The summed E-state index contributed by atoms with van der Waals surface area (Å²) >= 11 is 5.80. The predicted octanol–water partition coefficient (Wildman–Crippen LogP) is 1.36. The molecule has 0 aliphatic carbocycles. The minimum atomic E-state index is -3.62. The molecule has 19 heavy (non-hydrogen) atoms. The van der Waals surface area contributed by atoms with Gasteiger partial charge >= 0.3 is 0 Å². The van der Waals surface area contributed by atoms with Crippen LogP contribution in [0.1, 0.15) is 13.8 Å². The number of aromatic nitrogens is 1. The number of hydrogen-bond donors (Lipinski definition) is 1. The Kier molecular flexibility index (Phi) is 5.99. The highest BCUT2D eigenvalue weighted by Crippen LogP contribution is 2.22. The monoisotopic (exact) mass is 307 g/mol. The number of nitrogens with zero attached hydrogens (tertiary/aromatic N) is 2. The number of nitrogens with two attached hydrogens (primary N) is 1. The summed E-state index contributed by atoms with van der Waals surface area (Å²) in [4.78, 5) is 3.80. The highest BCUT2D eigenvalue weighted by molar-refractivity contribution is 7.89. The molecule has 0 spiro atoms. The van der Waals surface area contributed by atoms with E-state index in [1.807, 2.05) is 6.92 Å². The lowest BCUT2D eigenvalue weighted by molar-refractivity contribution is 0.135. The van der Waals surface area contributed by atoms with Gasteiger partial charge in [0.1, 0.15) is 10.7 Å². The van der Waals surface area contributed by atoms with E-state index in [1.54, 1.807) is 6.92 Å². The maximum atomic E-state index is 12.4. The number of anilines is 1. The Morgan fingerprint density at radius 3 is 2.68 bits per heavy atom. The van der Waals surface area contributed by atoms with Crippen LogP contribution >= 0.6 is 11.6 Å². The largest absolute Gasteiger partial charge is 0.382 e. The Labute approximate surface area is 118 Å². The molecule has 0 bridgehead atoms. The molecule has 0 radical (unpaired) electrons. The molecular weight excluding hydrogens is 290 g/mol. The van der Waals surface area contributed by atoms with E-state index in [2.05, 4.69) is 4.98 Å². The summed E-state index contributed by atoms with van der Waals surface area (Å²) in [6.45, 7) is 5.14. The number of ether oxygens (including phenoxy) is 1. The number of sulfonamides is 1. The lowest BCUT2D eigenvalue weighted by atomic mass is 10.5. The average Bonchev–Trinajstić information content (AvgIpc) is 2.37. The molecule has 0 amide bonds. The number of pyridine rings is 1. The van der Waals surface area contributed by atoms with E-state index >= 15 is 0 Å². The number of halogens is 1. The van der Waals surface area contributed by atoms with Crippen LogP contribution in [0.3, 0.4) is 0 Å². The summed E-state index contributed by atoms with van der Waals surface area (Å²) in [5, 5.41) is 0.127. The van der Waals surface area contributed by atoms with Crippen molar-refractivity contribution in [3.05, 3.63) is 17.3 Å². The third-order valence-electron chi connectivity index (χ3n) is 2.52. The van der Waals surface area contributed by atoms with Crippen LogP contribution in [0.2, 0.25) is 5.02 Å². The molecule has 1 rings (SSSR count). The molecule has 1 aromatic heterocycles. The van der Waals surface area contributed by atoms with Crippen molar-refractivity contribution in [3.63, 3.8) is 0 Å². The van der Waals surface area contributed by atoms with Gasteiger partial charge in [-0.25, -0.2) is 13.4 Å². The van der Waals surface area contributed by atoms with Crippen LogP contribution in [-0.4, -0.2) is 44.0 Å². The quantitative estimate of drug-likeness (QED) is 0.769. The summed E-state index contributed by atoms with van der Waals surface area (Å²) in [5.41, 5.74) is 5.47. The van der Waals surface area contributed by atoms with E-state index in [0.29, 0.717) is 19.8 Å². The minimum Gasteiger partial charge on any atom is -0.382 e. The van der Waals surface area contributed by atoms with Crippen LogP contribution in [0.5, 0.6) is 0 Å². The minimum absolute atomic E-state index is 0.0325. The fourth-order valence-corrected chi connectivity index (χ4v) is 3.12. The van der Waals surface area contributed by atoms with Crippen LogP contribution in [0.4, 0.5) is 5.82 Å². The Balaban J connectivity index is 2.96. The van der Waals surface area contributed by atoms with Crippen molar-refractivity contribution in [3.8, 4) is 0 Å². The molecule has 0 fully saturated rings. The first kappa shape index (κ1) is 16.2. The first-order valence-corrected chi connectivity index (χ1v) is 7.74. The second-order valence-corrected chi connectivity index (χ2v) is 6.08. The van der Waals surface area contributed by atoms with Gasteiger partial charge in [-0.15, -0.1) is 0 Å². The molecule has 8 heteroatoms. The average molecular weight is 308 g/mol. The zero-order chi connectivity index (χ0) is 14.5. The molecule has 1 aromatic rings. The van der Waals surface area contributed by atoms with Gasteiger partial charge in [-0.3, -0.25) is 0 Å². The summed E-state index contributed by atoms with van der Waals surface area (Å²) < 4.78 is 31.2. The van der Waals surface area contributed by atoms with Crippen LogP contribution < -0.4 is 5.73 Å². The van der Waals surface area contributed by atoms with E-state index in [-0.39, 0.29) is 22.3 Å². The lowest BCUT2D eigenvalue weighted by Gasteiger charge is -2.20. The number of likely N-dealkylation sites (N-methyl/N-ethyl adjacent to an activating group) is 1. The second kappa shape index (κ2) is 7.04. The topological polar surface area (TPSA) is 85.5 Å². The van der Waals surface area contributed by atoms with Crippen molar-refractivity contribution in [2.75, 3.05) is 32.0 Å². The van der Waals surface area contributed by atoms with Gasteiger partial charge in [-0.2, -0.15) is 4.31 Å². The normalized spacial score (nSPS) is 12.0. The molecule has 0 aromatic carbocycles. The van der Waals surface area contributed by atoms with Crippen LogP contribution in [0.15, 0.2) is 17.2 Å². The fraction of sp³-hybridized carbons (Fsp3) is 0.545. The third kappa shape index (κ3) is 4.04. The smallest absolute Gasteiger partial charge is 0.244 e. The summed E-state index contributed by atoms with van der Waals surface area (Å²) in [7, 11) is -3.62. The Morgan fingerprint density at radius 2 is 2.16 bits per heavy atom. The summed E-state index contributed by atoms with van der Waals surface area (Å²) in [6, 6.07) is 1.31. The van der Waals surface area contributed by atoms with Gasteiger partial charge in [-0.1, -0.05) is 18.5 Å². The van der Waals surface area contributed by atoms with Crippen LogP contribution in [0, 0.1) is 0 Å². The molecule has 0 aliphatic rings. The molecule has 6 nitrogen and oxygen atoms in total. The van der Waals surface area contributed by atoms with E-state index < -0.39 is 10.0 Å². The van der Waals surface area contributed by atoms with E-state index in [1.165, 1.54) is 16.6 Å². The second-order valence-electron chi connectivity index (χ2n) is 3.73. The van der Waals surface area contributed by atoms with Gasteiger partial charge in [0.25, 0.3) is 0 Å². The molecule has 108 valence electrons. The molecule has 2 N–H and O–H groups in total. The van der Waals surface area contributed by atoms with Gasteiger partial charge in [0, 0.05) is 25.9 Å². The van der Waals surface area contributed by atoms with Crippen molar-refractivity contribution in [2.45, 2.75) is 18.7 Å². The Morgan fingerprint density at radius 1 is 1.47 bits per heavy atom. The van der Waals surface area contributed by atoms with Crippen molar-refractivity contribution in [1.29, 1.82) is 0 Å². The molecular formula is C11H18ClN3O3S. The molecule has 0 atom stereocenters. The fourth-order valence-electron chi connectivity index (χ4n) is 1.48. The first-order chi connectivity index (χ1) is 8.93. The van der Waals surface area contributed by atoms with Crippen LogP contribution in [0.25, 0.3) is 0 Å². The summed E-state index contributed by atoms with van der Waals surface area (Å²) in [5.74, 6) is 0.109. The predicted molar refractivity (Wildman–Crippen MR) is 74.6 cm³/mol. The Bertz CT molecular complexity index is 522. The lowest BCUT2D eigenvalue weighted by Crippen LogP contribution is -2.34. The molecule has 1 heterocycles. The highest BCUT2D eigenvalue weighted by atomic mass is 35.5. The molecule has 0 aliphatic heterocycles. The number of rotatable bonds is 7. The van der Waals surface area contributed by atoms with E-state index in [4.69, 9.17) is 22.1 Å². The van der Waals surface area contributed by atoms with Crippen LogP contribution in [-0.2, 0) is 14.8 Å². The van der Waals surface area contributed by atoms with Crippen molar-refractivity contribution in [1.82, 2.24) is 9.29 Å². The zero-order valence-corrected chi connectivity index (χ0v) is 12.5. The molecule has 0 unspecified atom stereocenters. The van der Waals surface area contributed by atoms with Crippen molar-refractivity contribution >= 4 is 27.4 Å². The SMILES string of the molecule is CCOCCN(CC)S(=O)(=O)c1cnc(N)c(Cl)c1. The van der Waals surface area contributed by atoms with Crippen molar-refractivity contribution in [2.24, 2.45) is 0 Å². The standard InChI is InChI=1S/C11H18ClN3O3S/c1-3-15(5-6-18-4-2)19(16,17)9-7-10(12)11(13)14-8-9/h7-8H,3-6H2,1-2H3,(H2,13,14). The van der Waals surface area contributed by atoms with Gasteiger partial charge in [0.2, 0.25) is 10.0 Å². The first-order valence-electron chi connectivity index (χ1n) is 5.92. The third-order valence-corrected chi connectivity index (χ3v) is 4.77. The highest BCUT2D eigenvalue weighted by Gasteiger charge is 2.23. The van der Waals surface area contributed by atoms with Gasteiger partial charge in [0.15, 0.2) is 0 Å². The van der Waals surface area contributed by atoms with Gasteiger partial charge in [-0.05, 0) is 13.0 Å². The zero-order valence-electron chi connectivity index (χ0n) is 11.0. The number of hydrogen-bond acceptors (Lipinski definition) is 5. The number of nitrogen functional groups attached to an aromatic ring is 1. The van der Waals surface area contributed by atoms with Gasteiger partial charge in [0.05, 0.1) is 11.6 Å². The summed E-state index contributed by atoms with van der Waals surface area (Å²) in [6.07, 6.45) is 1.21. The maximum absolute atomic E-state index is 12.4. The van der Waals surface area contributed by atoms with E-state index in [0.717, 1.165) is 0 Å². The van der Waals surface area contributed by atoms with Crippen molar-refractivity contribution < 1.29 is 13.2 Å². The molecule has 0 saturated carbocycles. The molecule has 0 saturated heterocycles.